The van der Waals surface area contributed by atoms with E-state index in [0.29, 0.717) is 5.57 Å². The molecule has 9 atom stereocenters. The number of fused-ring (bicyclic) bond motifs is 1. The van der Waals surface area contributed by atoms with Crippen LogP contribution < -0.4 is 0 Å². The zero-order chi connectivity index (χ0) is 30.9. The third-order valence-corrected chi connectivity index (χ3v) is 8.30. The second-order valence-corrected chi connectivity index (χ2v) is 12.1. The van der Waals surface area contributed by atoms with Gasteiger partial charge >= 0.3 is 17.9 Å². The molecule has 0 unspecified atom stereocenters. The van der Waals surface area contributed by atoms with Gasteiger partial charge in [0.05, 0.1) is 17.6 Å². The Labute approximate surface area is 240 Å². The van der Waals surface area contributed by atoms with Gasteiger partial charge in [0.25, 0.3) is 0 Å². The Bertz CT molecular complexity index is 1190. The Balaban J connectivity index is 2.25. The van der Waals surface area contributed by atoms with E-state index < -0.39 is 76.9 Å². The highest BCUT2D eigenvalue weighted by Gasteiger charge is 2.68. The molecule has 0 radical (unpaired) electrons. The molecule has 2 aliphatic carbocycles. The van der Waals surface area contributed by atoms with Crippen LogP contribution in [0.25, 0.3) is 0 Å². The van der Waals surface area contributed by atoms with Crippen LogP contribution in [0.4, 0.5) is 0 Å². The van der Waals surface area contributed by atoms with E-state index in [1.165, 1.54) is 26.0 Å². The lowest BCUT2D eigenvalue weighted by atomic mass is 9.73. The summed E-state index contributed by atoms with van der Waals surface area (Å²) in [4.78, 5) is 37.6. The number of rotatable bonds is 4. The summed E-state index contributed by atoms with van der Waals surface area (Å²) in [6.07, 6.45) is -2.34. The van der Waals surface area contributed by atoms with Crippen LogP contribution in [0.3, 0.4) is 0 Å². The molecule has 1 fully saturated rings. The first-order valence-electron chi connectivity index (χ1n) is 13.7. The van der Waals surface area contributed by atoms with Crippen LogP contribution in [-0.2, 0) is 23.8 Å². The van der Waals surface area contributed by atoms with Gasteiger partial charge in [0.2, 0.25) is 0 Å². The Morgan fingerprint density at radius 1 is 0.927 bits per heavy atom. The second-order valence-electron chi connectivity index (χ2n) is 12.1. The monoisotopic (exact) mass is 574 g/mol. The molecule has 0 spiro atoms. The predicted molar refractivity (Wildman–Crippen MR) is 148 cm³/mol. The van der Waals surface area contributed by atoms with E-state index in [2.05, 4.69) is 0 Å². The number of carbonyl (C=O) groups is 3. The van der Waals surface area contributed by atoms with Gasteiger partial charge in [-0.05, 0) is 31.6 Å². The predicted octanol–water partition coefficient (Wildman–Crippen LogP) is 2.48. The Kier molecular flexibility index (Phi) is 9.54. The van der Waals surface area contributed by atoms with Gasteiger partial charge in [0, 0.05) is 31.6 Å². The van der Waals surface area contributed by atoms with Crippen molar-refractivity contribution in [3.8, 4) is 0 Å². The summed E-state index contributed by atoms with van der Waals surface area (Å²) in [5, 5.41) is 46.3. The van der Waals surface area contributed by atoms with E-state index in [1.54, 1.807) is 64.1 Å². The molecule has 1 aromatic carbocycles. The third kappa shape index (κ3) is 6.56. The summed E-state index contributed by atoms with van der Waals surface area (Å²) < 4.78 is 17.2. The van der Waals surface area contributed by atoms with Crippen molar-refractivity contribution in [1.82, 2.24) is 0 Å². The van der Waals surface area contributed by atoms with E-state index in [1.807, 2.05) is 0 Å². The lowest BCUT2D eigenvalue weighted by molar-refractivity contribution is -0.222. The summed E-state index contributed by atoms with van der Waals surface area (Å²) in [5.41, 5.74) is -4.61. The molecule has 10 nitrogen and oxygen atoms in total. The number of carbonyl (C=O) groups excluding carboxylic acids is 3. The Morgan fingerprint density at radius 3 is 2.10 bits per heavy atom. The molecular formula is C31H42O10. The molecule has 41 heavy (non-hydrogen) atoms. The van der Waals surface area contributed by atoms with Crippen LogP contribution in [0.2, 0.25) is 0 Å². The molecular weight excluding hydrogens is 532 g/mol. The first-order chi connectivity index (χ1) is 18.9. The summed E-state index contributed by atoms with van der Waals surface area (Å²) in [5.74, 6) is -4.18. The Hall–Kier alpha value is -3.05. The highest BCUT2D eigenvalue weighted by Crippen LogP contribution is 2.51. The fraction of sp³-hybridized carbons (Fsp3) is 0.581. The van der Waals surface area contributed by atoms with Gasteiger partial charge in [0.1, 0.15) is 30.0 Å². The molecule has 226 valence electrons. The summed E-state index contributed by atoms with van der Waals surface area (Å²) in [6.45, 7) is 10.3. The molecule has 3 rings (SSSR count). The fourth-order valence-corrected chi connectivity index (χ4v) is 5.85. The van der Waals surface area contributed by atoms with Crippen LogP contribution >= 0.6 is 0 Å². The van der Waals surface area contributed by atoms with Gasteiger partial charge < -0.3 is 34.6 Å². The number of ether oxygens (including phenoxy) is 3. The maximum atomic E-state index is 13.1. The lowest BCUT2D eigenvalue weighted by Crippen LogP contribution is -2.64. The zero-order valence-corrected chi connectivity index (χ0v) is 24.6. The summed E-state index contributed by atoms with van der Waals surface area (Å²) in [6, 6.07) is 8.19. The van der Waals surface area contributed by atoms with Crippen LogP contribution in [0.5, 0.6) is 0 Å². The van der Waals surface area contributed by atoms with Crippen molar-refractivity contribution in [2.24, 2.45) is 17.3 Å². The second kappa shape index (κ2) is 12.1. The van der Waals surface area contributed by atoms with Crippen LogP contribution in [-0.4, -0.2) is 80.1 Å². The van der Waals surface area contributed by atoms with Gasteiger partial charge in [-0.25, -0.2) is 4.79 Å². The molecule has 10 heteroatoms. The SMILES string of the molecule is CC(=O)O[C@H]1C[C@@H](O)C(C)=C[C@H]2[C@@H](OC(=O)c3ccccc3)[C@@H](C)[C@H](O)[C@]2(OC(C)=O)[C@H](O)[C@@](C)(O)/C=C\C1(C)C. The number of esters is 3. The lowest BCUT2D eigenvalue weighted by Gasteiger charge is -2.46. The first-order valence-corrected chi connectivity index (χ1v) is 13.7. The summed E-state index contributed by atoms with van der Waals surface area (Å²) >= 11 is 0. The zero-order valence-electron chi connectivity index (χ0n) is 24.6. The molecule has 4 N–H and O–H groups in total. The van der Waals surface area contributed by atoms with Gasteiger partial charge in [-0.15, -0.1) is 0 Å². The minimum Gasteiger partial charge on any atom is -0.462 e. The van der Waals surface area contributed by atoms with E-state index in [9.17, 15) is 34.8 Å². The van der Waals surface area contributed by atoms with Crippen LogP contribution in [0.15, 0.2) is 54.1 Å². The van der Waals surface area contributed by atoms with E-state index in [-0.39, 0.29) is 12.0 Å². The fourth-order valence-electron chi connectivity index (χ4n) is 5.85. The smallest absolute Gasteiger partial charge is 0.338 e. The van der Waals surface area contributed by atoms with E-state index in [0.717, 1.165) is 6.92 Å². The van der Waals surface area contributed by atoms with Crippen LogP contribution in [0, 0.1) is 17.3 Å². The minimum absolute atomic E-state index is 0.0240. The van der Waals surface area contributed by atoms with Gasteiger partial charge in [-0.2, -0.15) is 0 Å². The van der Waals surface area contributed by atoms with Gasteiger partial charge in [-0.3, -0.25) is 9.59 Å². The molecule has 0 aromatic heterocycles. The topological polar surface area (TPSA) is 160 Å². The molecule has 1 aromatic rings. The van der Waals surface area contributed by atoms with E-state index >= 15 is 0 Å². The van der Waals surface area contributed by atoms with Crippen molar-refractivity contribution >= 4 is 17.9 Å². The van der Waals surface area contributed by atoms with Crippen molar-refractivity contribution in [2.45, 2.75) is 96.6 Å². The van der Waals surface area contributed by atoms with Crippen molar-refractivity contribution in [1.29, 1.82) is 0 Å². The largest absolute Gasteiger partial charge is 0.462 e. The molecule has 0 bridgehead atoms. The van der Waals surface area contributed by atoms with Crippen molar-refractivity contribution in [3.63, 3.8) is 0 Å². The number of benzene rings is 1. The van der Waals surface area contributed by atoms with Gasteiger partial charge in [-0.1, -0.05) is 57.2 Å². The van der Waals surface area contributed by atoms with Crippen molar-refractivity contribution in [2.75, 3.05) is 0 Å². The molecule has 0 aliphatic heterocycles. The number of aliphatic hydroxyl groups excluding tert-OH is 3. The standard InChI is InChI=1S/C31H42O10/c1-17-15-22-25(40-27(36)21-11-9-8-10-12-21)18(2)26(35)31(22,41-20(4)33)28(37)30(7,38)14-13-29(5,6)24(16-23(17)34)39-19(3)32/h8-15,18,22-26,28,34-35,37-38H,16H2,1-7H3/b14-13-,17-15?/t18-,22+,23-,24+,25+,26+,28-,30+,31+/m1/s1. The van der Waals surface area contributed by atoms with Crippen molar-refractivity contribution in [3.05, 3.63) is 59.7 Å². The third-order valence-electron chi connectivity index (χ3n) is 8.30. The maximum absolute atomic E-state index is 13.1. The minimum atomic E-state index is -2.18. The quantitative estimate of drug-likeness (QED) is 0.239. The number of hydrogen-bond donors (Lipinski definition) is 4. The molecule has 0 saturated heterocycles. The first kappa shape index (κ1) is 32.5. The average Bonchev–Trinajstić information content (AvgIpc) is 3.07. The van der Waals surface area contributed by atoms with Crippen LogP contribution in [0.1, 0.15) is 65.2 Å². The highest BCUT2D eigenvalue weighted by atomic mass is 16.6. The van der Waals surface area contributed by atoms with Crippen molar-refractivity contribution < 1.29 is 49.0 Å². The molecule has 1 saturated carbocycles. The van der Waals surface area contributed by atoms with E-state index in [4.69, 9.17) is 14.2 Å². The highest BCUT2D eigenvalue weighted by molar-refractivity contribution is 5.89. The Morgan fingerprint density at radius 2 is 1.54 bits per heavy atom. The molecule has 0 amide bonds. The maximum Gasteiger partial charge on any atom is 0.338 e. The number of hydrogen-bond acceptors (Lipinski definition) is 10. The van der Waals surface area contributed by atoms with Gasteiger partial charge in [0.15, 0.2) is 5.60 Å². The molecule has 2 aliphatic rings. The molecule has 0 heterocycles. The normalized spacial score (nSPS) is 37.8. The summed E-state index contributed by atoms with van der Waals surface area (Å²) in [7, 11) is 0. The average molecular weight is 575 g/mol. The number of aliphatic hydroxyl groups is 4.